The summed E-state index contributed by atoms with van der Waals surface area (Å²) in [4.78, 5) is 23.7. The summed E-state index contributed by atoms with van der Waals surface area (Å²) in [6.45, 7) is 8.11. The van der Waals surface area contributed by atoms with E-state index < -0.39 is 17.5 Å². The molecule has 0 aliphatic heterocycles. The summed E-state index contributed by atoms with van der Waals surface area (Å²) in [6.07, 6.45) is 4.55. The standard InChI is InChI=1S/C15H26N2O3/c1-10(2)8-9-16-14(20)17-15(13(18)19)11(3)6-5-7-12(15)4/h8,11-12H,5-7,9H2,1-4H3,(H,18,19)(H2,16,17,20). The Balaban J connectivity index is 2.79. The summed E-state index contributed by atoms with van der Waals surface area (Å²) >= 11 is 0. The van der Waals surface area contributed by atoms with Crippen molar-refractivity contribution < 1.29 is 14.7 Å². The summed E-state index contributed by atoms with van der Waals surface area (Å²) in [7, 11) is 0. The molecule has 5 nitrogen and oxygen atoms in total. The van der Waals surface area contributed by atoms with Gasteiger partial charge in [0.15, 0.2) is 0 Å². The van der Waals surface area contributed by atoms with Gasteiger partial charge in [0.25, 0.3) is 0 Å². The summed E-state index contributed by atoms with van der Waals surface area (Å²) < 4.78 is 0. The Morgan fingerprint density at radius 1 is 1.25 bits per heavy atom. The molecule has 1 saturated carbocycles. The molecule has 0 heterocycles. The first-order valence-electron chi connectivity index (χ1n) is 7.23. The first-order valence-corrected chi connectivity index (χ1v) is 7.23. The molecule has 0 bridgehead atoms. The molecule has 0 saturated heterocycles. The lowest BCUT2D eigenvalue weighted by Crippen LogP contribution is -2.65. The van der Waals surface area contributed by atoms with Crippen molar-refractivity contribution >= 4 is 12.0 Å². The van der Waals surface area contributed by atoms with E-state index in [1.807, 2.05) is 33.8 Å². The minimum atomic E-state index is -1.16. The second-order valence-corrected chi connectivity index (χ2v) is 6.02. The van der Waals surface area contributed by atoms with Gasteiger partial charge in [0.1, 0.15) is 5.54 Å². The lowest BCUT2D eigenvalue weighted by atomic mass is 9.67. The number of hydrogen-bond donors (Lipinski definition) is 3. The molecule has 0 aromatic carbocycles. The van der Waals surface area contributed by atoms with Crippen molar-refractivity contribution in [1.82, 2.24) is 10.6 Å². The number of amides is 2. The zero-order valence-corrected chi connectivity index (χ0v) is 12.8. The second-order valence-electron chi connectivity index (χ2n) is 6.02. The molecular formula is C15H26N2O3. The van der Waals surface area contributed by atoms with Crippen molar-refractivity contribution in [3.05, 3.63) is 11.6 Å². The number of rotatable bonds is 4. The molecular weight excluding hydrogens is 256 g/mol. The zero-order valence-electron chi connectivity index (χ0n) is 12.8. The Kier molecular flexibility index (Phi) is 5.60. The number of aliphatic carboxylic acids is 1. The van der Waals surface area contributed by atoms with Crippen LogP contribution in [0.15, 0.2) is 11.6 Å². The van der Waals surface area contributed by atoms with Crippen molar-refractivity contribution in [1.29, 1.82) is 0 Å². The van der Waals surface area contributed by atoms with Crippen LogP contribution in [0.2, 0.25) is 0 Å². The van der Waals surface area contributed by atoms with Crippen LogP contribution in [0.1, 0.15) is 47.0 Å². The zero-order chi connectivity index (χ0) is 15.3. The molecule has 1 aliphatic carbocycles. The van der Waals surface area contributed by atoms with E-state index in [4.69, 9.17) is 0 Å². The molecule has 114 valence electrons. The van der Waals surface area contributed by atoms with Crippen LogP contribution in [-0.4, -0.2) is 29.2 Å². The molecule has 1 fully saturated rings. The minimum absolute atomic E-state index is 0.0713. The molecule has 1 rings (SSSR count). The van der Waals surface area contributed by atoms with E-state index in [0.717, 1.165) is 24.8 Å². The van der Waals surface area contributed by atoms with E-state index >= 15 is 0 Å². The molecule has 20 heavy (non-hydrogen) atoms. The first kappa shape index (κ1) is 16.5. The monoisotopic (exact) mass is 282 g/mol. The summed E-state index contributed by atoms with van der Waals surface area (Å²) in [5, 5.41) is 15.1. The van der Waals surface area contributed by atoms with E-state index in [-0.39, 0.29) is 11.8 Å². The van der Waals surface area contributed by atoms with Gasteiger partial charge in [-0.3, -0.25) is 0 Å². The smallest absolute Gasteiger partial charge is 0.330 e. The summed E-state index contributed by atoms with van der Waals surface area (Å²) in [6, 6.07) is -0.412. The highest BCUT2D eigenvalue weighted by molar-refractivity contribution is 5.87. The molecule has 0 aromatic rings. The number of urea groups is 1. The van der Waals surface area contributed by atoms with Crippen molar-refractivity contribution in [2.24, 2.45) is 11.8 Å². The number of carboxylic acids is 1. The molecule has 0 spiro atoms. The molecule has 0 aromatic heterocycles. The Bertz CT molecular complexity index is 390. The number of nitrogens with one attached hydrogen (secondary N) is 2. The average Bonchev–Trinajstić information content (AvgIpc) is 2.33. The van der Waals surface area contributed by atoms with Crippen molar-refractivity contribution in [2.45, 2.75) is 52.5 Å². The Morgan fingerprint density at radius 3 is 2.25 bits per heavy atom. The summed E-state index contributed by atoms with van der Waals surface area (Å²) in [5.41, 5.74) is -0.0505. The quantitative estimate of drug-likeness (QED) is 0.693. The molecule has 2 amide bonds. The fourth-order valence-corrected chi connectivity index (χ4v) is 2.97. The molecule has 3 N–H and O–H groups in total. The Labute approximate surface area is 120 Å². The van der Waals surface area contributed by atoms with Crippen LogP contribution in [0.5, 0.6) is 0 Å². The number of carboxylic acid groups (broad SMARTS) is 1. The number of allylic oxidation sites excluding steroid dienone is 1. The Morgan fingerprint density at radius 2 is 1.80 bits per heavy atom. The van der Waals surface area contributed by atoms with Gasteiger partial charge in [-0.2, -0.15) is 0 Å². The topological polar surface area (TPSA) is 78.4 Å². The van der Waals surface area contributed by atoms with Gasteiger partial charge in [-0.25, -0.2) is 9.59 Å². The SMILES string of the molecule is CC(C)=CCNC(=O)NC1(C(=O)O)C(C)CCCC1C. The van der Waals surface area contributed by atoms with Gasteiger partial charge in [0.05, 0.1) is 0 Å². The molecule has 1 aliphatic rings. The molecule has 2 unspecified atom stereocenters. The van der Waals surface area contributed by atoms with Gasteiger partial charge in [-0.1, -0.05) is 31.9 Å². The van der Waals surface area contributed by atoms with E-state index in [2.05, 4.69) is 10.6 Å². The normalized spacial score (nSPS) is 29.4. The highest BCUT2D eigenvalue weighted by atomic mass is 16.4. The van der Waals surface area contributed by atoms with Crippen LogP contribution in [0.25, 0.3) is 0 Å². The van der Waals surface area contributed by atoms with E-state index in [1.54, 1.807) is 0 Å². The van der Waals surface area contributed by atoms with Gasteiger partial charge in [0, 0.05) is 6.54 Å². The minimum Gasteiger partial charge on any atom is -0.479 e. The largest absolute Gasteiger partial charge is 0.479 e. The average molecular weight is 282 g/mol. The van der Waals surface area contributed by atoms with Crippen LogP contribution in [0.4, 0.5) is 4.79 Å². The van der Waals surface area contributed by atoms with E-state index in [0.29, 0.717) is 6.54 Å². The van der Waals surface area contributed by atoms with Gasteiger partial charge < -0.3 is 15.7 Å². The van der Waals surface area contributed by atoms with Crippen molar-refractivity contribution in [2.75, 3.05) is 6.54 Å². The lowest BCUT2D eigenvalue weighted by Gasteiger charge is -2.44. The third kappa shape index (κ3) is 3.52. The van der Waals surface area contributed by atoms with Crippen LogP contribution >= 0.6 is 0 Å². The van der Waals surface area contributed by atoms with E-state index in [1.165, 1.54) is 0 Å². The van der Waals surface area contributed by atoms with Crippen LogP contribution in [-0.2, 0) is 4.79 Å². The predicted octanol–water partition coefficient (Wildman–Crippen LogP) is 2.53. The highest BCUT2D eigenvalue weighted by Gasteiger charge is 2.51. The maximum absolute atomic E-state index is 12.0. The molecule has 0 radical (unpaired) electrons. The maximum atomic E-state index is 12.0. The first-order chi connectivity index (χ1) is 9.30. The fraction of sp³-hybridized carbons (Fsp3) is 0.733. The number of carbonyl (C=O) groups excluding carboxylic acids is 1. The number of hydrogen-bond acceptors (Lipinski definition) is 2. The van der Waals surface area contributed by atoms with E-state index in [9.17, 15) is 14.7 Å². The van der Waals surface area contributed by atoms with Gasteiger partial charge >= 0.3 is 12.0 Å². The highest BCUT2D eigenvalue weighted by Crippen LogP contribution is 2.38. The molecule has 2 atom stereocenters. The van der Waals surface area contributed by atoms with Crippen LogP contribution in [0.3, 0.4) is 0 Å². The second kappa shape index (κ2) is 6.77. The third-order valence-corrected chi connectivity index (χ3v) is 4.28. The Hall–Kier alpha value is -1.52. The lowest BCUT2D eigenvalue weighted by molar-refractivity contribution is -0.151. The predicted molar refractivity (Wildman–Crippen MR) is 78.5 cm³/mol. The van der Waals surface area contributed by atoms with Gasteiger partial charge in [-0.05, 0) is 38.5 Å². The fourth-order valence-electron chi connectivity index (χ4n) is 2.97. The van der Waals surface area contributed by atoms with Gasteiger partial charge in [-0.15, -0.1) is 0 Å². The third-order valence-electron chi connectivity index (χ3n) is 4.28. The molecule has 5 heteroatoms. The summed E-state index contributed by atoms with van der Waals surface area (Å²) in [5.74, 6) is -1.08. The number of carbonyl (C=O) groups is 2. The maximum Gasteiger partial charge on any atom is 0.330 e. The van der Waals surface area contributed by atoms with Crippen molar-refractivity contribution in [3.63, 3.8) is 0 Å². The van der Waals surface area contributed by atoms with Gasteiger partial charge in [0.2, 0.25) is 0 Å². The van der Waals surface area contributed by atoms with Crippen LogP contribution in [0, 0.1) is 11.8 Å². The van der Waals surface area contributed by atoms with Crippen molar-refractivity contribution in [3.8, 4) is 0 Å². The van der Waals surface area contributed by atoms with Crippen LogP contribution < -0.4 is 10.6 Å².